The molecule has 1 N–H and O–H groups in total. The standard InChI is InChI=1S/C9H7BrO2/c10-6-2-4-8(12)9-5(6)1-3-7(9)11/h2,4,12H,1,3H2. The molecule has 0 aromatic heterocycles. The van der Waals surface area contributed by atoms with Gasteiger partial charge in [0, 0.05) is 10.9 Å². The molecule has 0 saturated carbocycles. The summed E-state index contributed by atoms with van der Waals surface area (Å²) in [7, 11) is 0. The molecule has 0 spiro atoms. The Labute approximate surface area is 78.3 Å². The summed E-state index contributed by atoms with van der Waals surface area (Å²) in [6, 6.07) is 3.32. The highest BCUT2D eigenvalue weighted by molar-refractivity contribution is 9.10. The minimum Gasteiger partial charge on any atom is -0.507 e. The first-order valence-electron chi connectivity index (χ1n) is 3.73. The number of fused-ring (bicyclic) bond motifs is 1. The molecule has 1 aliphatic carbocycles. The second kappa shape index (κ2) is 2.59. The van der Waals surface area contributed by atoms with Crippen molar-refractivity contribution in [2.75, 3.05) is 0 Å². The predicted molar refractivity (Wildman–Crippen MR) is 48.5 cm³/mol. The van der Waals surface area contributed by atoms with E-state index in [0.29, 0.717) is 12.0 Å². The zero-order chi connectivity index (χ0) is 8.72. The van der Waals surface area contributed by atoms with Crippen molar-refractivity contribution >= 4 is 21.7 Å². The molecule has 0 bridgehead atoms. The number of halogens is 1. The molecule has 62 valence electrons. The third kappa shape index (κ3) is 0.966. The van der Waals surface area contributed by atoms with E-state index in [-0.39, 0.29) is 11.5 Å². The van der Waals surface area contributed by atoms with Crippen LogP contribution in [0.1, 0.15) is 22.3 Å². The van der Waals surface area contributed by atoms with Crippen LogP contribution >= 0.6 is 15.9 Å². The molecule has 0 fully saturated rings. The van der Waals surface area contributed by atoms with E-state index < -0.39 is 0 Å². The lowest BCUT2D eigenvalue weighted by Crippen LogP contribution is -1.91. The molecule has 1 aliphatic rings. The second-order valence-corrected chi connectivity index (χ2v) is 3.70. The fraction of sp³-hybridized carbons (Fsp3) is 0.222. The Morgan fingerprint density at radius 1 is 1.33 bits per heavy atom. The Morgan fingerprint density at radius 2 is 2.08 bits per heavy atom. The maximum absolute atomic E-state index is 11.3. The van der Waals surface area contributed by atoms with Gasteiger partial charge in [-0.3, -0.25) is 4.79 Å². The summed E-state index contributed by atoms with van der Waals surface area (Å²) in [5.74, 6) is 0.152. The van der Waals surface area contributed by atoms with Crippen LogP contribution in [-0.4, -0.2) is 10.9 Å². The van der Waals surface area contributed by atoms with Gasteiger partial charge in [0.05, 0.1) is 5.56 Å². The van der Waals surface area contributed by atoms with E-state index in [1.165, 1.54) is 0 Å². The molecule has 1 aromatic carbocycles. The number of Topliss-reactive ketones (excluding diaryl/α,β-unsaturated/α-hetero) is 1. The first-order chi connectivity index (χ1) is 5.70. The molecule has 2 rings (SSSR count). The van der Waals surface area contributed by atoms with Gasteiger partial charge in [-0.15, -0.1) is 0 Å². The summed E-state index contributed by atoms with van der Waals surface area (Å²) >= 11 is 3.35. The van der Waals surface area contributed by atoms with Gasteiger partial charge in [-0.05, 0) is 24.1 Å². The van der Waals surface area contributed by atoms with Crippen molar-refractivity contribution in [3.8, 4) is 5.75 Å². The van der Waals surface area contributed by atoms with Gasteiger partial charge < -0.3 is 5.11 Å². The monoisotopic (exact) mass is 226 g/mol. The lowest BCUT2D eigenvalue weighted by molar-refractivity contribution is 0.0992. The van der Waals surface area contributed by atoms with Crippen LogP contribution in [0.25, 0.3) is 0 Å². The SMILES string of the molecule is O=C1CCc2c(Br)ccc(O)c21. The van der Waals surface area contributed by atoms with Gasteiger partial charge in [-0.1, -0.05) is 15.9 Å². The molecule has 0 heterocycles. The summed E-state index contributed by atoms with van der Waals surface area (Å²) < 4.78 is 0.918. The van der Waals surface area contributed by atoms with Gasteiger partial charge in [0.15, 0.2) is 5.78 Å². The Hall–Kier alpha value is -0.830. The molecule has 0 unspecified atom stereocenters. The number of aromatic hydroxyl groups is 1. The second-order valence-electron chi connectivity index (χ2n) is 2.84. The number of benzene rings is 1. The van der Waals surface area contributed by atoms with Crippen molar-refractivity contribution in [3.05, 3.63) is 27.7 Å². The molecule has 0 amide bonds. The zero-order valence-corrected chi connectivity index (χ0v) is 7.89. The summed E-state index contributed by atoms with van der Waals surface area (Å²) in [4.78, 5) is 11.3. The maximum Gasteiger partial charge on any atom is 0.167 e. The molecule has 0 radical (unpaired) electrons. The number of carbonyl (C=O) groups excluding carboxylic acids is 1. The van der Waals surface area contributed by atoms with Crippen molar-refractivity contribution in [3.63, 3.8) is 0 Å². The first kappa shape index (κ1) is 7.80. The Bertz CT molecular complexity index is 358. The number of hydrogen-bond acceptors (Lipinski definition) is 2. The Kier molecular flexibility index (Phi) is 1.68. The topological polar surface area (TPSA) is 37.3 Å². The predicted octanol–water partition coefficient (Wildman–Crippen LogP) is 2.28. The molecule has 1 aromatic rings. The number of phenols is 1. The third-order valence-electron chi connectivity index (χ3n) is 2.11. The van der Waals surface area contributed by atoms with Crippen LogP contribution in [0.5, 0.6) is 5.75 Å². The van der Waals surface area contributed by atoms with Crippen molar-refractivity contribution in [2.24, 2.45) is 0 Å². The highest BCUT2D eigenvalue weighted by Gasteiger charge is 2.24. The highest BCUT2D eigenvalue weighted by atomic mass is 79.9. The lowest BCUT2D eigenvalue weighted by Gasteiger charge is -2.02. The fourth-order valence-electron chi connectivity index (χ4n) is 1.53. The molecule has 2 nitrogen and oxygen atoms in total. The molecule has 3 heteroatoms. The van der Waals surface area contributed by atoms with Crippen molar-refractivity contribution < 1.29 is 9.90 Å². The zero-order valence-electron chi connectivity index (χ0n) is 6.30. The largest absolute Gasteiger partial charge is 0.507 e. The van der Waals surface area contributed by atoms with E-state index >= 15 is 0 Å². The van der Waals surface area contributed by atoms with Gasteiger partial charge in [-0.2, -0.15) is 0 Å². The normalized spacial score (nSPS) is 14.9. The van der Waals surface area contributed by atoms with E-state index in [9.17, 15) is 9.90 Å². The molecule has 0 atom stereocenters. The van der Waals surface area contributed by atoms with Crippen LogP contribution in [-0.2, 0) is 6.42 Å². The van der Waals surface area contributed by atoms with Crippen LogP contribution < -0.4 is 0 Å². The molecular weight excluding hydrogens is 220 g/mol. The van der Waals surface area contributed by atoms with Crippen LogP contribution in [0.15, 0.2) is 16.6 Å². The Balaban J connectivity index is 2.72. The van der Waals surface area contributed by atoms with Gasteiger partial charge in [0.2, 0.25) is 0 Å². The van der Waals surface area contributed by atoms with Crippen molar-refractivity contribution in [2.45, 2.75) is 12.8 Å². The van der Waals surface area contributed by atoms with E-state index in [2.05, 4.69) is 15.9 Å². The van der Waals surface area contributed by atoms with E-state index in [1.807, 2.05) is 0 Å². The summed E-state index contributed by atoms with van der Waals surface area (Å²) in [5, 5.41) is 9.38. The first-order valence-corrected chi connectivity index (χ1v) is 4.53. The molecule has 12 heavy (non-hydrogen) atoms. The lowest BCUT2D eigenvalue weighted by atomic mass is 10.1. The summed E-state index contributed by atoms with van der Waals surface area (Å²) in [6.45, 7) is 0. The number of phenolic OH excluding ortho intramolecular Hbond substituents is 1. The van der Waals surface area contributed by atoms with Crippen LogP contribution in [0.3, 0.4) is 0 Å². The fourth-order valence-corrected chi connectivity index (χ4v) is 2.06. The molecule has 0 aliphatic heterocycles. The number of carbonyl (C=O) groups is 1. The quantitative estimate of drug-likeness (QED) is 0.738. The minimum absolute atomic E-state index is 0.0452. The summed E-state index contributed by atoms with van der Waals surface area (Å²) in [6.07, 6.45) is 1.26. The van der Waals surface area contributed by atoms with Gasteiger partial charge in [0.1, 0.15) is 5.75 Å². The van der Waals surface area contributed by atoms with Crippen LogP contribution in [0.4, 0.5) is 0 Å². The maximum atomic E-state index is 11.3. The summed E-state index contributed by atoms with van der Waals surface area (Å²) in [5.41, 5.74) is 1.45. The van der Waals surface area contributed by atoms with E-state index in [0.717, 1.165) is 16.5 Å². The number of rotatable bonds is 0. The van der Waals surface area contributed by atoms with Crippen molar-refractivity contribution in [1.29, 1.82) is 0 Å². The average molecular weight is 227 g/mol. The van der Waals surface area contributed by atoms with Crippen molar-refractivity contribution in [1.82, 2.24) is 0 Å². The molecule has 0 saturated heterocycles. The van der Waals surface area contributed by atoms with Gasteiger partial charge in [-0.25, -0.2) is 0 Å². The van der Waals surface area contributed by atoms with E-state index in [4.69, 9.17) is 0 Å². The smallest absolute Gasteiger partial charge is 0.167 e. The average Bonchev–Trinajstić information content (AvgIpc) is 2.42. The Morgan fingerprint density at radius 3 is 2.75 bits per heavy atom. The number of hydrogen-bond donors (Lipinski definition) is 1. The minimum atomic E-state index is 0.0452. The van der Waals surface area contributed by atoms with Gasteiger partial charge >= 0.3 is 0 Å². The van der Waals surface area contributed by atoms with Crippen LogP contribution in [0.2, 0.25) is 0 Å². The van der Waals surface area contributed by atoms with Gasteiger partial charge in [0.25, 0.3) is 0 Å². The molecular formula is C9H7BrO2. The van der Waals surface area contributed by atoms with E-state index in [1.54, 1.807) is 12.1 Å². The number of ketones is 1. The third-order valence-corrected chi connectivity index (χ3v) is 2.86. The van der Waals surface area contributed by atoms with Crippen LogP contribution in [0, 0.1) is 0 Å². The highest BCUT2D eigenvalue weighted by Crippen LogP contribution is 2.34.